The Kier molecular flexibility index (Phi) is 3.60. The quantitative estimate of drug-likeness (QED) is 0.882. The highest BCUT2D eigenvalue weighted by molar-refractivity contribution is 6.31. The van der Waals surface area contributed by atoms with Crippen molar-refractivity contribution in [2.45, 2.75) is 57.0 Å². The monoisotopic (exact) mass is 332 g/mol. The lowest BCUT2D eigenvalue weighted by atomic mass is 9.74. The molecule has 4 nitrogen and oxygen atoms in total. The van der Waals surface area contributed by atoms with Crippen LogP contribution in [0.3, 0.4) is 0 Å². The van der Waals surface area contributed by atoms with E-state index in [1.54, 1.807) is 6.07 Å². The first-order chi connectivity index (χ1) is 11.0. The average Bonchev–Trinajstić information content (AvgIpc) is 2.48. The summed E-state index contributed by atoms with van der Waals surface area (Å²) < 4.78 is 0. The number of benzene rings is 1. The number of hydrogen-bond acceptors (Lipinski definition) is 2. The van der Waals surface area contributed by atoms with Gasteiger partial charge in [0, 0.05) is 35.1 Å². The van der Waals surface area contributed by atoms with Crippen LogP contribution in [-0.4, -0.2) is 28.8 Å². The number of ketones is 1. The number of nitrogens with one attached hydrogen (secondary N) is 1. The second kappa shape index (κ2) is 5.52. The van der Waals surface area contributed by atoms with Gasteiger partial charge in [-0.15, -0.1) is 0 Å². The molecule has 2 heterocycles. The molecular weight excluding hydrogens is 312 g/mol. The lowest BCUT2D eigenvalue weighted by Gasteiger charge is -2.54. The Bertz CT molecular complexity index is 663. The molecule has 1 aromatic rings. The van der Waals surface area contributed by atoms with E-state index >= 15 is 0 Å². The molecule has 5 rings (SSSR count). The normalized spacial score (nSPS) is 32.1. The van der Waals surface area contributed by atoms with Gasteiger partial charge < -0.3 is 10.2 Å². The predicted octanol–water partition coefficient (Wildman–Crippen LogP) is 4.19. The van der Waals surface area contributed by atoms with E-state index in [2.05, 4.69) is 12.2 Å². The molecule has 2 amide bonds. The molecule has 4 aliphatic rings. The van der Waals surface area contributed by atoms with Gasteiger partial charge in [0.2, 0.25) is 0 Å². The highest BCUT2D eigenvalue weighted by Gasteiger charge is 2.46. The standard InChI is InChI=1S/C18H21ClN2O2/c1-10-6-12-9-13(7-10)21(12)18(23)20-11-2-4-16(19)15(8-11)14-3-5-17(14)22/h2,4,8,10,12-14H,3,5-7,9H2,1H3,(H,20,23)/t10?,12-,13?,14-/m1/s1. The molecule has 0 spiro atoms. The van der Waals surface area contributed by atoms with Crippen molar-refractivity contribution in [3.63, 3.8) is 0 Å². The Balaban J connectivity index is 1.48. The lowest BCUT2D eigenvalue weighted by Crippen LogP contribution is -2.63. The molecule has 2 saturated heterocycles. The van der Waals surface area contributed by atoms with Gasteiger partial charge in [-0.1, -0.05) is 18.5 Å². The molecule has 2 aliphatic heterocycles. The molecule has 23 heavy (non-hydrogen) atoms. The maximum atomic E-state index is 12.5. The van der Waals surface area contributed by atoms with Crippen LogP contribution in [-0.2, 0) is 4.79 Å². The second-order valence-corrected chi connectivity index (χ2v) is 7.66. The zero-order valence-electron chi connectivity index (χ0n) is 13.2. The van der Waals surface area contributed by atoms with Gasteiger partial charge in [-0.2, -0.15) is 0 Å². The summed E-state index contributed by atoms with van der Waals surface area (Å²) in [5.41, 5.74) is 1.57. The third-order valence-electron chi connectivity index (χ3n) is 5.61. The topological polar surface area (TPSA) is 49.4 Å². The van der Waals surface area contributed by atoms with E-state index in [0.717, 1.165) is 42.9 Å². The van der Waals surface area contributed by atoms with Crippen molar-refractivity contribution in [3.05, 3.63) is 28.8 Å². The van der Waals surface area contributed by atoms with Crippen molar-refractivity contribution in [2.75, 3.05) is 5.32 Å². The number of urea groups is 1. The van der Waals surface area contributed by atoms with E-state index in [0.29, 0.717) is 23.5 Å². The summed E-state index contributed by atoms with van der Waals surface area (Å²) in [7, 11) is 0. The Morgan fingerprint density at radius 2 is 2.00 bits per heavy atom. The average molecular weight is 333 g/mol. The molecule has 4 fully saturated rings. The number of carbonyl (C=O) groups excluding carboxylic acids is 2. The minimum absolute atomic E-state index is 0.0219. The number of rotatable bonds is 2. The van der Waals surface area contributed by atoms with E-state index in [9.17, 15) is 9.59 Å². The zero-order chi connectivity index (χ0) is 16.1. The first-order valence-electron chi connectivity index (χ1n) is 8.44. The number of anilines is 1. The van der Waals surface area contributed by atoms with Crippen LogP contribution in [0.5, 0.6) is 0 Å². The van der Waals surface area contributed by atoms with Gasteiger partial charge in [0.1, 0.15) is 5.78 Å². The molecule has 0 radical (unpaired) electrons. The van der Waals surface area contributed by atoms with Crippen LogP contribution in [0.2, 0.25) is 5.02 Å². The number of amides is 2. The summed E-state index contributed by atoms with van der Waals surface area (Å²) in [5.74, 6) is 0.861. The van der Waals surface area contributed by atoms with Crippen molar-refractivity contribution in [1.29, 1.82) is 0 Å². The lowest BCUT2D eigenvalue weighted by molar-refractivity contribution is -0.125. The van der Waals surface area contributed by atoms with Gasteiger partial charge in [-0.05, 0) is 55.4 Å². The third kappa shape index (κ3) is 2.53. The van der Waals surface area contributed by atoms with Crippen molar-refractivity contribution < 1.29 is 9.59 Å². The van der Waals surface area contributed by atoms with E-state index in [-0.39, 0.29) is 17.7 Å². The highest BCUT2D eigenvalue weighted by atomic mass is 35.5. The van der Waals surface area contributed by atoms with Crippen molar-refractivity contribution in [2.24, 2.45) is 5.92 Å². The molecule has 1 N–H and O–H groups in total. The molecule has 5 heteroatoms. The van der Waals surface area contributed by atoms with Crippen LogP contribution in [0.25, 0.3) is 0 Å². The number of carbonyl (C=O) groups is 2. The Labute approximate surface area is 141 Å². The van der Waals surface area contributed by atoms with Crippen LogP contribution < -0.4 is 5.32 Å². The first-order valence-corrected chi connectivity index (χ1v) is 8.82. The minimum atomic E-state index is -0.0939. The highest BCUT2D eigenvalue weighted by Crippen LogP contribution is 2.42. The molecule has 122 valence electrons. The molecule has 2 bridgehead atoms. The minimum Gasteiger partial charge on any atom is -0.318 e. The molecule has 2 saturated carbocycles. The molecule has 4 atom stereocenters. The molecule has 1 aromatic carbocycles. The summed E-state index contributed by atoms with van der Waals surface area (Å²) in [6.45, 7) is 2.26. The maximum absolute atomic E-state index is 12.5. The molecule has 2 unspecified atom stereocenters. The summed E-state index contributed by atoms with van der Waals surface area (Å²) in [5, 5.41) is 3.60. The SMILES string of the molecule is CC1CC2C[C@@H](C1)N2C(=O)Nc1ccc(Cl)c([C@H]2CCC2=O)c1. The van der Waals surface area contributed by atoms with Gasteiger partial charge in [-0.25, -0.2) is 4.79 Å². The van der Waals surface area contributed by atoms with Crippen LogP contribution >= 0.6 is 11.6 Å². The Morgan fingerprint density at radius 3 is 2.61 bits per heavy atom. The smallest absolute Gasteiger partial charge is 0.318 e. The van der Waals surface area contributed by atoms with Crippen molar-refractivity contribution in [3.8, 4) is 0 Å². The number of fused-ring (bicyclic) bond motifs is 2. The number of nitrogens with zero attached hydrogens (tertiary/aromatic N) is 1. The van der Waals surface area contributed by atoms with Gasteiger partial charge in [0.05, 0.1) is 0 Å². The molecular formula is C18H21ClN2O2. The largest absolute Gasteiger partial charge is 0.322 e. The summed E-state index contributed by atoms with van der Waals surface area (Å²) in [4.78, 5) is 26.2. The fourth-order valence-electron chi connectivity index (χ4n) is 4.29. The molecule has 0 aromatic heterocycles. The predicted molar refractivity (Wildman–Crippen MR) is 89.9 cm³/mol. The third-order valence-corrected chi connectivity index (χ3v) is 5.95. The maximum Gasteiger partial charge on any atom is 0.322 e. The zero-order valence-corrected chi connectivity index (χ0v) is 14.0. The number of halogens is 1. The van der Waals surface area contributed by atoms with Gasteiger partial charge in [0.25, 0.3) is 0 Å². The van der Waals surface area contributed by atoms with Crippen molar-refractivity contribution >= 4 is 29.1 Å². The summed E-state index contributed by atoms with van der Waals surface area (Å²) >= 11 is 6.23. The second-order valence-electron chi connectivity index (χ2n) is 7.25. The number of piperidine rings is 1. The number of Topliss-reactive ketones (excluding diaryl/α,β-unsaturated/α-hetero) is 1. The van der Waals surface area contributed by atoms with E-state index in [1.807, 2.05) is 17.0 Å². The molecule has 2 aliphatic carbocycles. The van der Waals surface area contributed by atoms with E-state index in [4.69, 9.17) is 11.6 Å². The van der Waals surface area contributed by atoms with E-state index < -0.39 is 0 Å². The Morgan fingerprint density at radius 1 is 1.26 bits per heavy atom. The summed E-state index contributed by atoms with van der Waals surface area (Å²) in [6, 6.07) is 6.21. The van der Waals surface area contributed by atoms with Crippen molar-refractivity contribution in [1.82, 2.24) is 4.90 Å². The number of hydrogen-bond donors (Lipinski definition) is 1. The van der Waals surface area contributed by atoms with Crippen LogP contribution in [0.4, 0.5) is 10.5 Å². The van der Waals surface area contributed by atoms with Gasteiger partial charge in [-0.3, -0.25) is 4.79 Å². The first kappa shape index (κ1) is 15.0. The van der Waals surface area contributed by atoms with Crippen LogP contribution in [0, 0.1) is 5.92 Å². The van der Waals surface area contributed by atoms with Crippen LogP contribution in [0.1, 0.15) is 50.5 Å². The summed E-state index contributed by atoms with van der Waals surface area (Å²) in [6.07, 6.45) is 4.83. The van der Waals surface area contributed by atoms with Crippen LogP contribution in [0.15, 0.2) is 18.2 Å². The Hall–Kier alpha value is -1.55. The van der Waals surface area contributed by atoms with E-state index in [1.165, 1.54) is 0 Å². The fourth-order valence-corrected chi connectivity index (χ4v) is 4.54. The van der Waals surface area contributed by atoms with Gasteiger partial charge in [0.15, 0.2) is 0 Å². The van der Waals surface area contributed by atoms with Gasteiger partial charge >= 0.3 is 6.03 Å². The fraction of sp³-hybridized carbons (Fsp3) is 0.556.